The van der Waals surface area contributed by atoms with Gasteiger partial charge in [0.1, 0.15) is 4.87 Å². The third-order valence-corrected chi connectivity index (χ3v) is 9.00. The SMILES string of the molecule is ClC1c2ccccc2C2(Cl)c3ccccc3C1C21c2ccccc2C=Cc2ccccc21. The van der Waals surface area contributed by atoms with Gasteiger partial charge in [0.2, 0.25) is 0 Å². The molecule has 0 nitrogen and oxygen atoms in total. The Hall–Kier alpha value is -2.80. The molecule has 0 radical (unpaired) electrons. The highest BCUT2D eigenvalue weighted by Gasteiger charge is 2.70. The molecule has 0 fully saturated rings. The smallest absolute Gasteiger partial charge is 0.109 e. The van der Waals surface area contributed by atoms with E-state index in [1.807, 2.05) is 0 Å². The van der Waals surface area contributed by atoms with Gasteiger partial charge in [-0.05, 0) is 44.5 Å². The number of benzene rings is 4. The second-order valence-electron chi connectivity index (χ2n) is 9.03. The number of rotatable bonds is 0. The van der Waals surface area contributed by atoms with E-state index in [-0.39, 0.29) is 11.3 Å². The molecule has 4 aromatic carbocycles. The fourth-order valence-electron chi connectivity index (χ4n) is 6.74. The molecule has 2 bridgehead atoms. The molecule has 0 saturated carbocycles. The van der Waals surface area contributed by atoms with Gasteiger partial charge < -0.3 is 0 Å². The van der Waals surface area contributed by atoms with Crippen LogP contribution < -0.4 is 0 Å². The predicted molar refractivity (Wildman–Crippen MR) is 133 cm³/mol. The molecule has 0 heterocycles. The van der Waals surface area contributed by atoms with E-state index >= 15 is 0 Å². The van der Waals surface area contributed by atoms with Crippen LogP contribution in [0.3, 0.4) is 0 Å². The highest BCUT2D eigenvalue weighted by molar-refractivity contribution is 6.30. The maximum atomic E-state index is 8.10. The van der Waals surface area contributed by atoms with Crippen molar-refractivity contribution in [2.24, 2.45) is 0 Å². The normalized spacial score (nSPS) is 25.4. The molecule has 1 spiro atoms. The summed E-state index contributed by atoms with van der Waals surface area (Å²) in [6.45, 7) is 0. The Kier molecular flexibility index (Phi) is 3.73. The first kappa shape index (κ1) is 18.7. The van der Waals surface area contributed by atoms with Crippen LogP contribution in [-0.2, 0) is 10.3 Å². The van der Waals surface area contributed by atoms with Crippen molar-refractivity contribution in [3.8, 4) is 0 Å². The lowest BCUT2D eigenvalue weighted by Gasteiger charge is -2.53. The van der Waals surface area contributed by atoms with Crippen molar-refractivity contribution in [3.05, 3.63) is 142 Å². The average molecular weight is 451 g/mol. The van der Waals surface area contributed by atoms with Gasteiger partial charge in [0, 0.05) is 5.92 Å². The molecule has 0 N–H and O–H groups in total. The molecule has 3 aliphatic rings. The number of alkyl halides is 2. The summed E-state index contributed by atoms with van der Waals surface area (Å²) in [5.74, 6) is 0.00923. The van der Waals surface area contributed by atoms with E-state index in [1.165, 1.54) is 33.4 Å². The van der Waals surface area contributed by atoms with Crippen molar-refractivity contribution in [1.82, 2.24) is 0 Å². The first-order valence-electron chi connectivity index (χ1n) is 11.1. The van der Waals surface area contributed by atoms with Gasteiger partial charge in [0.25, 0.3) is 0 Å². The minimum absolute atomic E-state index is 0.00923. The number of hydrogen-bond acceptors (Lipinski definition) is 0. The summed E-state index contributed by atoms with van der Waals surface area (Å²) in [5, 5.41) is -0.194. The molecule has 3 atom stereocenters. The molecule has 0 aromatic heterocycles. The fourth-order valence-corrected chi connectivity index (χ4v) is 7.92. The molecular weight excluding hydrogens is 431 g/mol. The van der Waals surface area contributed by atoms with Crippen LogP contribution in [0.5, 0.6) is 0 Å². The van der Waals surface area contributed by atoms with Crippen LogP contribution >= 0.6 is 23.2 Å². The quantitative estimate of drug-likeness (QED) is 0.238. The van der Waals surface area contributed by atoms with E-state index in [4.69, 9.17) is 23.2 Å². The molecule has 3 aliphatic carbocycles. The van der Waals surface area contributed by atoms with Crippen LogP contribution in [0, 0.1) is 0 Å². The summed E-state index contributed by atoms with van der Waals surface area (Å²) in [6.07, 6.45) is 4.47. The van der Waals surface area contributed by atoms with Gasteiger partial charge in [0.05, 0.1) is 10.8 Å². The lowest BCUT2D eigenvalue weighted by atomic mass is 9.54. The Balaban J connectivity index is 1.75. The van der Waals surface area contributed by atoms with E-state index in [0.717, 1.165) is 11.1 Å². The molecule has 0 amide bonds. The third kappa shape index (κ3) is 1.98. The largest absolute Gasteiger partial charge is 0.117 e. The average Bonchev–Trinajstić information content (AvgIpc) is 2.93. The van der Waals surface area contributed by atoms with Gasteiger partial charge in [0.15, 0.2) is 0 Å². The summed E-state index contributed by atoms with van der Waals surface area (Å²) in [6, 6.07) is 34.6. The van der Waals surface area contributed by atoms with Gasteiger partial charge >= 0.3 is 0 Å². The molecule has 3 unspecified atom stereocenters. The Labute approximate surface area is 198 Å². The Morgan fingerprint density at radius 2 is 0.969 bits per heavy atom. The first-order chi connectivity index (χ1) is 15.7. The lowest BCUT2D eigenvalue weighted by molar-refractivity contribution is 0.339. The summed E-state index contributed by atoms with van der Waals surface area (Å²) < 4.78 is 0. The molecule has 154 valence electrons. The Bertz CT molecular complexity index is 1380. The monoisotopic (exact) mass is 450 g/mol. The molecule has 0 aliphatic heterocycles. The minimum atomic E-state index is -0.769. The van der Waals surface area contributed by atoms with Gasteiger partial charge in [-0.15, -0.1) is 23.2 Å². The fraction of sp³-hybridized carbons (Fsp3) is 0.133. The zero-order valence-electron chi connectivity index (χ0n) is 17.3. The van der Waals surface area contributed by atoms with Crippen molar-refractivity contribution >= 4 is 35.4 Å². The summed E-state index contributed by atoms with van der Waals surface area (Å²) in [5.41, 5.74) is 9.06. The zero-order valence-corrected chi connectivity index (χ0v) is 18.8. The van der Waals surface area contributed by atoms with Crippen molar-refractivity contribution in [2.75, 3.05) is 0 Å². The van der Waals surface area contributed by atoms with Crippen LogP contribution in [0.15, 0.2) is 97.1 Å². The van der Waals surface area contributed by atoms with Gasteiger partial charge in [-0.2, -0.15) is 0 Å². The first-order valence-corrected chi connectivity index (χ1v) is 11.9. The molecule has 2 heteroatoms. The van der Waals surface area contributed by atoms with E-state index in [2.05, 4.69) is 109 Å². The van der Waals surface area contributed by atoms with Crippen LogP contribution in [0.2, 0.25) is 0 Å². The van der Waals surface area contributed by atoms with Crippen molar-refractivity contribution in [1.29, 1.82) is 0 Å². The standard InChI is InChI=1S/C30H20Cl2/c31-28-22-12-4-8-16-26(22)30(32)25-15-7-3-11-21(25)27(28)29(30)23-13-5-1-9-19(23)17-18-20-10-2-6-14-24(20)29/h1-18,27-28H. The van der Waals surface area contributed by atoms with Crippen LogP contribution in [0.25, 0.3) is 12.2 Å². The van der Waals surface area contributed by atoms with Crippen LogP contribution in [0.4, 0.5) is 0 Å². The van der Waals surface area contributed by atoms with Crippen molar-refractivity contribution < 1.29 is 0 Å². The predicted octanol–water partition coefficient (Wildman–Crippen LogP) is 8.03. The highest BCUT2D eigenvalue weighted by Crippen LogP contribution is 2.75. The highest BCUT2D eigenvalue weighted by atomic mass is 35.5. The van der Waals surface area contributed by atoms with Crippen LogP contribution in [-0.4, -0.2) is 0 Å². The summed E-state index contributed by atoms with van der Waals surface area (Å²) in [7, 11) is 0. The summed E-state index contributed by atoms with van der Waals surface area (Å²) in [4.78, 5) is -0.769. The lowest BCUT2D eigenvalue weighted by Crippen LogP contribution is -2.51. The van der Waals surface area contributed by atoms with Gasteiger partial charge in [-0.1, -0.05) is 109 Å². The number of fused-ring (bicyclic) bond motifs is 7. The molecular formula is C30H20Cl2. The summed E-state index contributed by atoms with van der Waals surface area (Å²) >= 11 is 15.6. The maximum absolute atomic E-state index is 8.10. The minimum Gasteiger partial charge on any atom is -0.117 e. The van der Waals surface area contributed by atoms with Crippen molar-refractivity contribution in [2.45, 2.75) is 21.6 Å². The van der Waals surface area contributed by atoms with E-state index in [9.17, 15) is 0 Å². The van der Waals surface area contributed by atoms with E-state index in [0.29, 0.717) is 0 Å². The molecule has 7 rings (SSSR count). The Morgan fingerprint density at radius 1 is 0.531 bits per heavy atom. The van der Waals surface area contributed by atoms with Gasteiger partial charge in [-0.3, -0.25) is 0 Å². The maximum Gasteiger partial charge on any atom is 0.109 e. The number of hydrogen-bond donors (Lipinski definition) is 0. The molecule has 0 saturated heterocycles. The van der Waals surface area contributed by atoms with Crippen LogP contribution in [0.1, 0.15) is 55.8 Å². The van der Waals surface area contributed by atoms with Gasteiger partial charge in [-0.25, -0.2) is 0 Å². The third-order valence-electron chi connectivity index (χ3n) is 7.81. The number of halogens is 2. The Morgan fingerprint density at radius 3 is 1.56 bits per heavy atom. The molecule has 32 heavy (non-hydrogen) atoms. The zero-order chi connectivity index (χ0) is 21.5. The topological polar surface area (TPSA) is 0 Å². The van der Waals surface area contributed by atoms with E-state index < -0.39 is 10.3 Å². The second kappa shape index (κ2) is 6.38. The molecule has 4 aromatic rings. The van der Waals surface area contributed by atoms with E-state index in [1.54, 1.807) is 0 Å². The van der Waals surface area contributed by atoms with Crippen molar-refractivity contribution in [3.63, 3.8) is 0 Å². The second-order valence-corrected chi connectivity index (χ2v) is 10.1.